The third-order valence-corrected chi connectivity index (χ3v) is 5.47. The van der Waals surface area contributed by atoms with E-state index in [1.165, 1.54) is 0 Å². The van der Waals surface area contributed by atoms with Crippen molar-refractivity contribution in [3.63, 3.8) is 0 Å². The number of rotatable bonds is 11. The molecule has 182 valence electrons. The van der Waals surface area contributed by atoms with Crippen LogP contribution in [0.5, 0.6) is 11.5 Å². The van der Waals surface area contributed by atoms with Gasteiger partial charge in [0, 0.05) is 37.6 Å². The minimum atomic E-state index is -0.379. The van der Waals surface area contributed by atoms with Crippen molar-refractivity contribution < 1.29 is 23.6 Å². The summed E-state index contributed by atoms with van der Waals surface area (Å²) in [6.07, 6.45) is 8.57. The highest BCUT2D eigenvalue weighted by atomic mass is 16.5. The van der Waals surface area contributed by atoms with Crippen molar-refractivity contribution in [2.24, 2.45) is 16.1 Å². The number of ether oxygens (including phenoxy) is 2. The number of azo groups is 1. The van der Waals surface area contributed by atoms with Crippen LogP contribution in [-0.4, -0.2) is 49.3 Å². The van der Waals surface area contributed by atoms with E-state index < -0.39 is 0 Å². The Bertz CT molecular complexity index is 1210. The summed E-state index contributed by atoms with van der Waals surface area (Å²) in [6, 6.07) is 5.31. The number of amides is 2. The van der Waals surface area contributed by atoms with E-state index in [0.717, 1.165) is 5.57 Å². The Morgan fingerprint density at radius 3 is 2.86 bits per heavy atom. The Kier molecular flexibility index (Phi) is 7.66. The first-order chi connectivity index (χ1) is 17.1. The quantitative estimate of drug-likeness (QED) is 0.470. The van der Waals surface area contributed by atoms with E-state index in [1.54, 1.807) is 38.5 Å². The zero-order valence-electron chi connectivity index (χ0n) is 19.5. The molecule has 11 nitrogen and oxygen atoms in total. The van der Waals surface area contributed by atoms with E-state index in [4.69, 9.17) is 14.0 Å². The number of allylic oxidation sites excluding steroid dienone is 3. The summed E-state index contributed by atoms with van der Waals surface area (Å²) in [4.78, 5) is 28.4. The van der Waals surface area contributed by atoms with E-state index in [9.17, 15) is 9.59 Å². The van der Waals surface area contributed by atoms with Crippen molar-refractivity contribution in [1.29, 1.82) is 0 Å². The van der Waals surface area contributed by atoms with E-state index in [0.29, 0.717) is 60.5 Å². The molecule has 0 saturated heterocycles. The molecular weight excluding hydrogens is 452 g/mol. The third kappa shape index (κ3) is 5.81. The summed E-state index contributed by atoms with van der Waals surface area (Å²) >= 11 is 0. The first-order valence-electron chi connectivity index (χ1n) is 11.2. The molecule has 2 heterocycles. The molecule has 2 aliphatic rings. The van der Waals surface area contributed by atoms with Gasteiger partial charge in [0.25, 0.3) is 5.91 Å². The summed E-state index contributed by atoms with van der Waals surface area (Å²) in [7, 11) is 3.13. The smallest absolute Gasteiger partial charge is 0.276 e. The fourth-order valence-corrected chi connectivity index (χ4v) is 3.62. The molecule has 1 unspecified atom stereocenters. The van der Waals surface area contributed by atoms with E-state index in [1.807, 2.05) is 18.2 Å². The zero-order chi connectivity index (χ0) is 24.6. The Labute approximate surface area is 202 Å². The van der Waals surface area contributed by atoms with E-state index >= 15 is 0 Å². The van der Waals surface area contributed by atoms with Crippen LogP contribution in [0.1, 0.15) is 18.7 Å². The average Bonchev–Trinajstić information content (AvgIpc) is 3.37. The van der Waals surface area contributed by atoms with Gasteiger partial charge in [0.05, 0.1) is 25.7 Å². The zero-order valence-corrected chi connectivity index (χ0v) is 19.5. The number of nitrogens with one attached hydrogen (secondary N) is 2. The van der Waals surface area contributed by atoms with Crippen LogP contribution in [0.15, 0.2) is 68.6 Å². The van der Waals surface area contributed by atoms with Gasteiger partial charge in [0.1, 0.15) is 11.5 Å². The minimum Gasteiger partial charge on any atom is -0.497 e. The highest BCUT2D eigenvalue weighted by molar-refractivity contribution is 5.86. The SMILES string of the molecule is COc1ccc(-c2noc(CCC(=O)NCCCNC3=C4C=CC=CC4C(=O)N=N3)n2)c(OC)c1. The van der Waals surface area contributed by atoms with Crippen LogP contribution in [0.3, 0.4) is 0 Å². The molecule has 11 heteroatoms. The molecule has 0 radical (unpaired) electrons. The highest BCUT2D eigenvalue weighted by Crippen LogP contribution is 2.31. The first-order valence-corrected chi connectivity index (χ1v) is 11.2. The van der Waals surface area contributed by atoms with Gasteiger partial charge in [0.15, 0.2) is 5.82 Å². The molecule has 0 fully saturated rings. The largest absolute Gasteiger partial charge is 0.497 e. The van der Waals surface area contributed by atoms with Crippen molar-refractivity contribution in [2.45, 2.75) is 19.3 Å². The first kappa shape index (κ1) is 23.9. The standard InChI is InChI=1S/C24H26N6O5/c1-33-15-8-9-18(19(14-15)34-2)23-27-21(35-30-23)11-10-20(31)25-12-5-13-26-22-16-6-3-4-7-17(16)24(32)29-28-22/h3-4,6-9,14,17,26H,5,10-13H2,1-2H3,(H,25,31). The van der Waals surface area contributed by atoms with Gasteiger partial charge in [-0.3, -0.25) is 9.59 Å². The second-order valence-corrected chi connectivity index (χ2v) is 7.77. The number of carbonyl (C=O) groups is 2. The van der Waals surface area contributed by atoms with Gasteiger partial charge in [-0.2, -0.15) is 4.98 Å². The van der Waals surface area contributed by atoms with Crippen LogP contribution in [0.25, 0.3) is 11.4 Å². The fourth-order valence-electron chi connectivity index (χ4n) is 3.62. The lowest BCUT2D eigenvalue weighted by molar-refractivity contribution is -0.121. The summed E-state index contributed by atoms with van der Waals surface area (Å²) < 4.78 is 15.9. The maximum absolute atomic E-state index is 12.2. The molecular formula is C24H26N6O5. The predicted molar refractivity (Wildman–Crippen MR) is 125 cm³/mol. The van der Waals surface area contributed by atoms with Gasteiger partial charge in [0.2, 0.25) is 17.6 Å². The molecule has 1 aliphatic heterocycles. The molecule has 4 rings (SSSR count). The highest BCUT2D eigenvalue weighted by Gasteiger charge is 2.27. The predicted octanol–water partition coefficient (Wildman–Crippen LogP) is 2.73. The number of nitrogens with zero attached hydrogens (tertiary/aromatic N) is 4. The summed E-state index contributed by atoms with van der Waals surface area (Å²) in [6.45, 7) is 1.06. The van der Waals surface area contributed by atoms with Crippen molar-refractivity contribution in [3.05, 3.63) is 59.8 Å². The Balaban J connectivity index is 1.19. The van der Waals surface area contributed by atoms with Crippen molar-refractivity contribution in [2.75, 3.05) is 27.3 Å². The van der Waals surface area contributed by atoms with Gasteiger partial charge in [-0.1, -0.05) is 29.5 Å². The van der Waals surface area contributed by atoms with E-state index in [-0.39, 0.29) is 24.2 Å². The molecule has 2 N–H and O–H groups in total. The third-order valence-electron chi connectivity index (χ3n) is 5.47. The molecule has 1 aliphatic carbocycles. The second-order valence-electron chi connectivity index (χ2n) is 7.77. The second kappa shape index (κ2) is 11.2. The van der Waals surface area contributed by atoms with Crippen LogP contribution in [0.2, 0.25) is 0 Å². The molecule has 1 aromatic carbocycles. The molecule has 0 bridgehead atoms. The minimum absolute atomic E-state index is 0.114. The number of aromatic nitrogens is 2. The number of benzene rings is 1. The lowest BCUT2D eigenvalue weighted by Crippen LogP contribution is -2.28. The van der Waals surface area contributed by atoms with Gasteiger partial charge in [-0.05, 0) is 18.6 Å². The normalized spacial score (nSPS) is 16.3. The maximum atomic E-state index is 12.2. The van der Waals surface area contributed by atoms with Gasteiger partial charge in [-0.25, -0.2) is 0 Å². The van der Waals surface area contributed by atoms with Gasteiger partial charge < -0.3 is 24.6 Å². The number of fused-ring (bicyclic) bond motifs is 1. The van der Waals surface area contributed by atoms with Crippen molar-refractivity contribution in [1.82, 2.24) is 20.8 Å². The van der Waals surface area contributed by atoms with Crippen LogP contribution in [0, 0.1) is 5.92 Å². The lowest BCUT2D eigenvalue weighted by atomic mass is 9.93. The number of hydrogen-bond donors (Lipinski definition) is 2. The topological polar surface area (TPSA) is 140 Å². The fraction of sp³-hybridized carbons (Fsp3) is 0.333. The Morgan fingerprint density at radius 1 is 1.14 bits per heavy atom. The Morgan fingerprint density at radius 2 is 2.03 bits per heavy atom. The Hall–Kier alpha value is -4.28. The van der Waals surface area contributed by atoms with Gasteiger partial charge >= 0.3 is 0 Å². The summed E-state index contributed by atoms with van der Waals surface area (Å²) in [5, 5.41) is 17.7. The van der Waals surface area contributed by atoms with Gasteiger partial charge in [-0.15, -0.1) is 10.2 Å². The monoisotopic (exact) mass is 478 g/mol. The molecule has 1 aromatic heterocycles. The molecule has 2 amide bonds. The summed E-state index contributed by atoms with van der Waals surface area (Å²) in [5.74, 6) is 1.79. The van der Waals surface area contributed by atoms with Crippen molar-refractivity contribution >= 4 is 11.8 Å². The average molecular weight is 479 g/mol. The lowest BCUT2D eigenvalue weighted by Gasteiger charge is -2.20. The van der Waals surface area contributed by atoms with Crippen molar-refractivity contribution in [3.8, 4) is 22.9 Å². The molecule has 0 spiro atoms. The van der Waals surface area contributed by atoms with Crippen LogP contribution >= 0.6 is 0 Å². The van der Waals surface area contributed by atoms with Crippen LogP contribution in [-0.2, 0) is 16.0 Å². The number of carbonyl (C=O) groups excluding carboxylic acids is 2. The molecule has 35 heavy (non-hydrogen) atoms. The molecule has 2 aromatic rings. The van der Waals surface area contributed by atoms with Crippen LogP contribution in [0.4, 0.5) is 0 Å². The maximum Gasteiger partial charge on any atom is 0.276 e. The number of aryl methyl sites for hydroxylation is 1. The molecule has 1 atom stereocenters. The number of methoxy groups -OCH3 is 2. The number of hydrogen-bond acceptors (Lipinski definition) is 9. The van der Waals surface area contributed by atoms with Crippen LogP contribution < -0.4 is 20.1 Å². The summed E-state index contributed by atoms with van der Waals surface area (Å²) in [5.41, 5.74) is 1.48. The van der Waals surface area contributed by atoms with E-state index in [2.05, 4.69) is 31.0 Å². The molecule has 0 saturated carbocycles.